The predicted octanol–water partition coefficient (Wildman–Crippen LogP) is 5.71. The molecule has 1 heterocycles. The molecule has 1 N–H and O–H groups in total. The van der Waals surface area contributed by atoms with Crippen LogP contribution >= 0.6 is 0 Å². The highest BCUT2D eigenvalue weighted by Crippen LogP contribution is 2.68. The van der Waals surface area contributed by atoms with Crippen LogP contribution in [0.25, 0.3) is 0 Å². The molecule has 0 bridgehead atoms. The van der Waals surface area contributed by atoms with E-state index in [2.05, 4.69) is 86.0 Å². The van der Waals surface area contributed by atoms with E-state index >= 15 is 0 Å². The Morgan fingerprint density at radius 3 is 2.00 bits per heavy atom. The number of benzene rings is 3. The summed E-state index contributed by atoms with van der Waals surface area (Å²) < 4.78 is 6.10. The minimum atomic E-state index is -0.951. The first kappa shape index (κ1) is 23.9. The van der Waals surface area contributed by atoms with Crippen molar-refractivity contribution in [2.45, 2.75) is 45.9 Å². The summed E-state index contributed by atoms with van der Waals surface area (Å²) >= 11 is 0. The van der Waals surface area contributed by atoms with Gasteiger partial charge in [0.1, 0.15) is 18.0 Å². The van der Waals surface area contributed by atoms with Crippen LogP contribution in [0.1, 0.15) is 38.8 Å². The van der Waals surface area contributed by atoms with Gasteiger partial charge in [-0.25, -0.2) is 0 Å². The van der Waals surface area contributed by atoms with E-state index in [1.807, 2.05) is 36.4 Å². The van der Waals surface area contributed by atoms with Gasteiger partial charge in [0, 0.05) is 48.7 Å². The number of hydrogen-bond acceptors (Lipinski definition) is 4. The smallest absolute Gasteiger partial charge is 0.120 e. The molecule has 184 valence electrons. The maximum absolute atomic E-state index is 12.3. The summed E-state index contributed by atoms with van der Waals surface area (Å²) in [5.41, 5.74) is 1.82. The Bertz CT molecular complexity index is 1120. The van der Waals surface area contributed by atoms with Crippen molar-refractivity contribution in [3.05, 3.63) is 96.1 Å². The van der Waals surface area contributed by atoms with Gasteiger partial charge in [0.05, 0.1) is 0 Å². The highest BCUT2D eigenvalue weighted by molar-refractivity contribution is 5.47. The summed E-state index contributed by atoms with van der Waals surface area (Å²) in [6, 6.07) is 29.2. The second kappa shape index (κ2) is 9.00. The number of hydrogen-bond donors (Lipinski definition) is 1. The molecule has 4 nitrogen and oxygen atoms in total. The Morgan fingerprint density at radius 2 is 1.37 bits per heavy atom. The van der Waals surface area contributed by atoms with Crippen molar-refractivity contribution in [3.63, 3.8) is 0 Å². The largest absolute Gasteiger partial charge is 0.489 e. The molecular formula is C31H38N2O2. The Labute approximate surface area is 210 Å². The summed E-state index contributed by atoms with van der Waals surface area (Å²) in [7, 11) is 0. The first-order chi connectivity index (χ1) is 16.7. The van der Waals surface area contributed by atoms with Crippen molar-refractivity contribution < 1.29 is 9.84 Å². The molecule has 4 heteroatoms. The molecule has 1 aliphatic heterocycles. The molecule has 2 fully saturated rings. The molecule has 3 aromatic rings. The molecule has 0 unspecified atom stereocenters. The van der Waals surface area contributed by atoms with Gasteiger partial charge in [-0.3, -0.25) is 4.90 Å². The fraction of sp³-hybridized carbons (Fsp3) is 0.419. The van der Waals surface area contributed by atoms with Gasteiger partial charge in [0.15, 0.2) is 0 Å². The van der Waals surface area contributed by atoms with Gasteiger partial charge < -0.3 is 14.7 Å². The van der Waals surface area contributed by atoms with Crippen molar-refractivity contribution in [2.24, 2.45) is 10.8 Å². The molecule has 3 aromatic carbocycles. The summed E-state index contributed by atoms with van der Waals surface area (Å²) in [5, 5.41) is 12.3. The monoisotopic (exact) mass is 470 g/mol. The highest BCUT2D eigenvalue weighted by Gasteiger charge is 2.73. The molecule has 0 amide bonds. The Balaban J connectivity index is 1.32. The number of anilines is 1. The SMILES string of the molecule is CC1(C)C(N2CCN(c3ccccc3)CC2)C(C)(C)C1(O)c1cccc(OCc2ccccc2)c1. The number of piperazine rings is 1. The molecule has 5 rings (SSSR count). The fourth-order valence-electron chi connectivity index (χ4n) is 7.14. The maximum Gasteiger partial charge on any atom is 0.120 e. The fourth-order valence-corrected chi connectivity index (χ4v) is 7.14. The van der Waals surface area contributed by atoms with Gasteiger partial charge in [-0.2, -0.15) is 0 Å². The lowest BCUT2D eigenvalue weighted by Crippen LogP contribution is -2.79. The van der Waals surface area contributed by atoms with Gasteiger partial charge in [0.25, 0.3) is 0 Å². The lowest BCUT2D eigenvalue weighted by molar-refractivity contribution is -0.307. The van der Waals surface area contributed by atoms with Gasteiger partial charge in [0.2, 0.25) is 0 Å². The zero-order valence-electron chi connectivity index (χ0n) is 21.4. The van der Waals surface area contributed by atoms with E-state index < -0.39 is 5.60 Å². The van der Waals surface area contributed by atoms with Crippen LogP contribution in [0.15, 0.2) is 84.9 Å². The van der Waals surface area contributed by atoms with Gasteiger partial charge in [-0.1, -0.05) is 88.4 Å². The lowest BCUT2D eigenvalue weighted by Gasteiger charge is -2.72. The van der Waals surface area contributed by atoms with Crippen molar-refractivity contribution in [1.29, 1.82) is 0 Å². The molecule has 0 radical (unpaired) electrons. The van der Waals surface area contributed by atoms with E-state index in [9.17, 15) is 5.11 Å². The van der Waals surface area contributed by atoms with E-state index in [1.54, 1.807) is 0 Å². The van der Waals surface area contributed by atoms with Crippen LogP contribution in [0.5, 0.6) is 5.75 Å². The van der Waals surface area contributed by atoms with Crippen LogP contribution in [0, 0.1) is 10.8 Å². The Kier molecular flexibility index (Phi) is 6.14. The van der Waals surface area contributed by atoms with E-state index in [0.29, 0.717) is 6.61 Å². The normalized spacial score (nSPS) is 25.6. The molecule has 2 aliphatic rings. The topological polar surface area (TPSA) is 35.9 Å². The molecule has 0 spiro atoms. The maximum atomic E-state index is 12.3. The third-order valence-corrected chi connectivity index (χ3v) is 8.53. The van der Waals surface area contributed by atoms with Crippen LogP contribution in [0.2, 0.25) is 0 Å². The standard InChI is InChI=1S/C31H38N2O2/c1-29(2)28(33-20-18-32(19-21-33)26-15-9-6-10-16-26)30(3,4)31(29,34)25-14-11-17-27(22-25)35-23-24-12-7-5-8-13-24/h5-17,22,28,34H,18-21,23H2,1-4H3. The molecule has 1 saturated heterocycles. The number of rotatable bonds is 6. The molecule has 0 aromatic heterocycles. The minimum Gasteiger partial charge on any atom is -0.489 e. The van der Waals surface area contributed by atoms with E-state index in [-0.39, 0.29) is 16.9 Å². The van der Waals surface area contributed by atoms with Crippen LogP contribution < -0.4 is 9.64 Å². The number of para-hydroxylation sites is 1. The van der Waals surface area contributed by atoms with Crippen molar-refractivity contribution in [3.8, 4) is 5.75 Å². The number of aliphatic hydroxyl groups is 1. The summed E-state index contributed by atoms with van der Waals surface area (Å²) in [6.07, 6.45) is 0. The zero-order valence-corrected chi connectivity index (χ0v) is 21.4. The zero-order chi connectivity index (χ0) is 24.7. The van der Waals surface area contributed by atoms with Crippen LogP contribution in [-0.2, 0) is 12.2 Å². The Morgan fingerprint density at radius 1 is 0.771 bits per heavy atom. The summed E-state index contributed by atoms with van der Waals surface area (Å²) in [6.45, 7) is 13.4. The first-order valence-corrected chi connectivity index (χ1v) is 12.8. The van der Waals surface area contributed by atoms with Gasteiger partial charge in [-0.15, -0.1) is 0 Å². The van der Waals surface area contributed by atoms with Crippen molar-refractivity contribution in [1.82, 2.24) is 4.90 Å². The van der Waals surface area contributed by atoms with Crippen molar-refractivity contribution >= 4 is 5.69 Å². The van der Waals surface area contributed by atoms with E-state index in [1.165, 1.54) is 5.69 Å². The number of ether oxygens (including phenoxy) is 1. The summed E-state index contributed by atoms with van der Waals surface area (Å²) in [5.74, 6) is 0.798. The van der Waals surface area contributed by atoms with E-state index in [0.717, 1.165) is 43.1 Å². The highest BCUT2D eigenvalue weighted by atomic mass is 16.5. The van der Waals surface area contributed by atoms with Crippen LogP contribution in [0.4, 0.5) is 5.69 Å². The molecule has 0 atom stereocenters. The Hall–Kier alpha value is -2.82. The lowest BCUT2D eigenvalue weighted by atomic mass is 9.39. The van der Waals surface area contributed by atoms with Crippen LogP contribution in [0.3, 0.4) is 0 Å². The number of nitrogens with zero attached hydrogens (tertiary/aromatic N) is 2. The third-order valence-electron chi connectivity index (χ3n) is 8.53. The second-order valence-corrected chi connectivity index (χ2v) is 11.2. The molecule has 1 aliphatic carbocycles. The first-order valence-electron chi connectivity index (χ1n) is 12.8. The average molecular weight is 471 g/mol. The quantitative estimate of drug-likeness (QED) is 0.501. The summed E-state index contributed by atoms with van der Waals surface area (Å²) in [4.78, 5) is 5.07. The van der Waals surface area contributed by atoms with Crippen molar-refractivity contribution in [2.75, 3.05) is 31.1 Å². The predicted molar refractivity (Wildman–Crippen MR) is 143 cm³/mol. The average Bonchev–Trinajstić information content (AvgIpc) is 2.88. The second-order valence-electron chi connectivity index (χ2n) is 11.2. The van der Waals surface area contributed by atoms with Gasteiger partial charge in [-0.05, 0) is 35.4 Å². The molecular weight excluding hydrogens is 432 g/mol. The molecule has 35 heavy (non-hydrogen) atoms. The third kappa shape index (κ3) is 3.93. The van der Waals surface area contributed by atoms with E-state index in [4.69, 9.17) is 4.74 Å². The van der Waals surface area contributed by atoms with Crippen LogP contribution in [-0.4, -0.2) is 42.2 Å². The van der Waals surface area contributed by atoms with Gasteiger partial charge >= 0.3 is 0 Å². The molecule has 1 saturated carbocycles. The minimum absolute atomic E-state index is 0.284.